The van der Waals surface area contributed by atoms with Gasteiger partial charge in [0.1, 0.15) is 5.82 Å². The highest BCUT2D eigenvalue weighted by atomic mass is 19.1. The number of halogens is 1. The Hall–Kier alpha value is -1.86. The second kappa shape index (κ2) is 5.29. The predicted molar refractivity (Wildman–Crippen MR) is 60.1 cm³/mol. The van der Waals surface area contributed by atoms with Crippen molar-refractivity contribution in [1.29, 1.82) is 0 Å². The summed E-state index contributed by atoms with van der Waals surface area (Å²) in [6.45, 7) is 2.05. The molecule has 0 aliphatic carbocycles. The predicted octanol–water partition coefficient (Wildman–Crippen LogP) is 1.04. The molecule has 0 aliphatic heterocycles. The lowest BCUT2D eigenvalue weighted by Crippen LogP contribution is -2.24. The largest absolute Gasteiger partial charge is 0.366 e. The van der Waals surface area contributed by atoms with Crippen LogP contribution in [0.4, 0.5) is 4.39 Å². The maximum absolute atomic E-state index is 13.3. The van der Waals surface area contributed by atoms with Gasteiger partial charge >= 0.3 is 0 Å². The molecule has 0 aromatic heterocycles. The van der Waals surface area contributed by atoms with Crippen molar-refractivity contribution in [3.63, 3.8) is 0 Å². The third kappa shape index (κ3) is 3.07. The van der Waals surface area contributed by atoms with Crippen LogP contribution in [0, 0.1) is 18.2 Å². The number of hydrogen-bond donors (Lipinski definition) is 2. The lowest BCUT2D eigenvalue weighted by molar-refractivity contribution is 0.1000. The molecule has 3 N–H and O–H groups in total. The van der Waals surface area contributed by atoms with E-state index in [1.165, 1.54) is 18.2 Å². The third-order valence-electron chi connectivity index (χ3n) is 2.18. The number of amides is 1. The molecule has 1 aromatic rings. The van der Waals surface area contributed by atoms with E-state index in [9.17, 15) is 9.18 Å². The Bertz CT molecular complexity index is 437. The van der Waals surface area contributed by atoms with E-state index in [0.29, 0.717) is 5.56 Å². The minimum atomic E-state index is -0.578. The fourth-order valence-corrected chi connectivity index (χ4v) is 1.19. The highest BCUT2D eigenvalue weighted by Crippen LogP contribution is 2.10. The molecule has 0 bridgehead atoms. The quantitative estimate of drug-likeness (QED) is 0.745. The van der Waals surface area contributed by atoms with Gasteiger partial charge in [-0.25, -0.2) is 4.39 Å². The molecule has 84 valence electrons. The zero-order valence-corrected chi connectivity index (χ0v) is 8.96. The molecular weight excluding hydrogens is 207 g/mol. The zero-order valence-electron chi connectivity index (χ0n) is 8.96. The Morgan fingerprint density at radius 2 is 2.38 bits per heavy atom. The van der Waals surface area contributed by atoms with Gasteiger partial charge in [-0.15, -0.1) is 6.42 Å². The van der Waals surface area contributed by atoms with Crippen LogP contribution < -0.4 is 11.1 Å². The summed E-state index contributed by atoms with van der Waals surface area (Å²) in [7, 11) is 0. The Morgan fingerprint density at radius 1 is 1.69 bits per heavy atom. The number of carbonyl (C=O) groups excluding carboxylic acids is 1. The summed E-state index contributed by atoms with van der Waals surface area (Å²) in [5, 5.41) is 2.93. The van der Waals surface area contributed by atoms with E-state index in [0.717, 1.165) is 0 Å². The Morgan fingerprint density at radius 3 is 2.94 bits per heavy atom. The average molecular weight is 220 g/mol. The van der Waals surface area contributed by atoms with Gasteiger partial charge in [0.25, 0.3) is 0 Å². The SMILES string of the molecule is C#CC(C)NCc1cc(C(N)=O)ccc1F. The number of carbonyl (C=O) groups is 1. The molecule has 1 unspecified atom stereocenters. The summed E-state index contributed by atoms with van der Waals surface area (Å²) in [6, 6.07) is 3.84. The van der Waals surface area contributed by atoms with Crippen molar-refractivity contribution in [3.05, 3.63) is 35.1 Å². The highest BCUT2D eigenvalue weighted by molar-refractivity contribution is 5.92. The van der Waals surface area contributed by atoms with E-state index in [4.69, 9.17) is 12.2 Å². The molecule has 0 aliphatic rings. The van der Waals surface area contributed by atoms with Crippen LogP contribution in [0.3, 0.4) is 0 Å². The number of nitrogens with one attached hydrogen (secondary N) is 1. The van der Waals surface area contributed by atoms with Crippen molar-refractivity contribution < 1.29 is 9.18 Å². The van der Waals surface area contributed by atoms with E-state index in [-0.39, 0.29) is 24.0 Å². The maximum Gasteiger partial charge on any atom is 0.248 e. The van der Waals surface area contributed by atoms with Gasteiger partial charge in [0.05, 0.1) is 6.04 Å². The summed E-state index contributed by atoms with van der Waals surface area (Å²) >= 11 is 0. The van der Waals surface area contributed by atoms with E-state index in [1.807, 2.05) is 0 Å². The van der Waals surface area contributed by atoms with Gasteiger partial charge in [-0.3, -0.25) is 10.1 Å². The van der Waals surface area contributed by atoms with Crippen LogP contribution in [0.15, 0.2) is 18.2 Å². The summed E-state index contributed by atoms with van der Waals surface area (Å²) in [6.07, 6.45) is 5.17. The third-order valence-corrected chi connectivity index (χ3v) is 2.18. The van der Waals surface area contributed by atoms with Crippen molar-refractivity contribution in [2.24, 2.45) is 5.73 Å². The molecule has 16 heavy (non-hydrogen) atoms. The van der Waals surface area contributed by atoms with Crippen LogP contribution in [-0.2, 0) is 6.54 Å². The number of benzene rings is 1. The van der Waals surface area contributed by atoms with Gasteiger partial charge in [0.15, 0.2) is 0 Å². The van der Waals surface area contributed by atoms with Crippen LogP contribution >= 0.6 is 0 Å². The van der Waals surface area contributed by atoms with Crippen LogP contribution in [0.2, 0.25) is 0 Å². The lowest BCUT2D eigenvalue weighted by atomic mass is 10.1. The highest BCUT2D eigenvalue weighted by Gasteiger charge is 2.07. The molecule has 0 saturated carbocycles. The molecule has 1 atom stereocenters. The normalized spacial score (nSPS) is 11.8. The average Bonchev–Trinajstić information content (AvgIpc) is 2.27. The summed E-state index contributed by atoms with van der Waals surface area (Å²) in [5.41, 5.74) is 5.76. The van der Waals surface area contributed by atoms with Crippen LogP contribution in [0.5, 0.6) is 0 Å². The number of primary amides is 1. The van der Waals surface area contributed by atoms with Crippen LogP contribution in [0.1, 0.15) is 22.8 Å². The molecule has 0 saturated heterocycles. The zero-order chi connectivity index (χ0) is 12.1. The molecule has 0 heterocycles. The Balaban J connectivity index is 2.83. The van der Waals surface area contributed by atoms with Gasteiger partial charge in [0.2, 0.25) is 5.91 Å². The second-order valence-electron chi connectivity index (χ2n) is 3.44. The Labute approximate surface area is 93.8 Å². The van der Waals surface area contributed by atoms with Crippen molar-refractivity contribution in [2.75, 3.05) is 0 Å². The first-order valence-electron chi connectivity index (χ1n) is 4.82. The molecular formula is C12H13FN2O. The molecule has 0 spiro atoms. The lowest BCUT2D eigenvalue weighted by Gasteiger charge is -2.09. The molecule has 3 nitrogen and oxygen atoms in total. The van der Waals surface area contributed by atoms with Gasteiger partial charge in [-0.1, -0.05) is 5.92 Å². The summed E-state index contributed by atoms with van der Waals surface area (Å²) in [4.78, 5) is 10.9. The fourth-order valence-electron chi connectivity index (χ4n) is 1.19. The number of terminal acetylenes is 1. The van der Waals surface area contributed by atoms with Crippen LogP contribution in [0.25, 0.3) is 0 Å². The van der Waals surface area contributed by atoms with Gasteiger partial charge in [-0.05, 0) is 25.1 Å². The number of hydrogen-bond acceptors (Lipinski definition) is 2. The minimum Gasteiger partial charge on any atom is -0.366 e. The fraction of sp³-hybridized carbons (Fsp3) is 0.250. The monoisotopic (exact) mass is 220 g/mol. The molecule has 1 amide bonds. The molecule has 1 aromatic carbocycles. The first kappa shape index (κ1) is 12.2. The first-order valence-corrected chi connectivity index (χ1v) is 4.82. The van der Waals surface area contributed by atoms with Crippen LogP contribution in [-0.4, -0.2) is 11.9 Å². The molecule has 0 fully saturated rings. The van der Waals surface area contributed by atoms with Crippen molar-refractivity contribution in [1.82, 2.24) is 5.32 Å². The van der Waals surface area contributed by atoms with Gasteiger partial charge in [-0.2, -0.15) is 0 Å². The smallest absolute Gasteiger partial charge is 0.248 e. The van der Waals surface area contributed by atoms with Gasteiger partial charge in [0, 0.05) is 17.7 Å². The second-order valence-corrected chi connectivity index (χ2v) is 3.44. The standard InChI is InChI=1S/C12H13FN2O/c1-3-8(2)15-7-10-6-9(12(14)16)4-5-11(10)13/h1,4-6,8,15H,7H2,2H3,(H2,14,16). The van der Waals surface area contributed by atoms with Crippen molar-refractivity contribution in [2.45, 2.75) is 19.5 Å². The van der Waals surface area contributed by atoms with E-state index >= 15 is 0 Å². The van der Waals surface area contributed by atoms with E-state index in [2.05, 4.69) is 11.2 Å². The molecule has 4 heteroatoms. The van der Waals surface area contributed by atoms with Gasteiger partial charge < -0.3 is 5.73 Å². The molecule has 1 rings (SSSR count). The summed E-state index contributed by atoms with van der Waals surface area (Å²) < 4.78 is 13.3. The summed E-state index contributed by atoms with van der Waals surface area (Å²) in [5.74, 6) is 1.50. The number of rotatable bonds is 4. The van der Waals surface area contributed by atoms with E-state index < -0.39 is 5.91 Å². The number of nitrogens with two attached hydrogens (primary N) is 1. The maximum atomic E-state index is 13.3. The topological polar surface area (TPSA) is 55.1 Å². The minimum absolute atomic E-state index is 0.156. The Kier molecular flexibility index (Phi) is 4.03. The van der Waals surface area contributed by atoms with Crippen molar-refractivity contribution in [3.8, 4) is 12.3 Å². The van der Waals surface area contributed by atoms with E-state index in [1.54, 1.807) is 6.92 Å². The first-order chi connectivity index (χ1) is 7.54. The molecule has 0 radical (unpaired) electrons. The van der Waals surface area contributed by atoms with Crippen molar-refractivity contribution >= 4 is 5.91 Å².